The molecule has 11 heavy (non-hydrogen) atoms. The summed E-state index contributed by atoms with van der Waals surface area (Å²) in [6.45, 7) is 3.16. The molecule has 0 aliphatic carbocycles. The first-order chi connectivity index (χ1) is 5.29. The molecular weight excluding hydrogens is 138 g/mol. The number of hydrogen-bond donors (Lipinski definition) is 1. The van der Waals surface area contributed by atoms with Gasteiger partial charge in [0.2, 0.25) is 0 Å². The van der Waals surface area contributed by atoms with Crippen LogP contribution in [0.25, 0.3) is 0 Å². The van der Waals surface area contributed by atoms with Crippen molar-refractivity contribution < 1.29 is 5.11 Å². The third kappa shape index (κ3) is 0.979. The van der Waals surface area contributed by atoms with Gasteiger partial charge in [0.15, 0.2) is 0 Å². The molecule has 0 aromatic carbocycles. The summed E-state index contributed by atoms with van der Waals surface area (Å²) < 4.78 is 2.20. The summed E-state index contributed by atoms with van der Waals surface area (Å²) in [5, 5.41) is 9.55. The Balaban J connectivity index is 2.46. The molecule has 0 bridgehead atoms. The zero-order chi connectivity index (χ0) is 7.84. The highest BCUT2D eigenvalue weighted by Gasteiger charge is 2.17. The van der Waals surface area contributed by atoms with Crippen molar-refractivity contribution >= 4 is 0 Å². The van der Waals surface area contributed by atoms with Crippen LogP contribution in [0.4, 0.5) is 0 Å². The molecule has 1 aromatic rings. The smallest absolute Gasteiger partial charge is 0.0940 e. The SMILES string of the molecule is Cc1ccc2n1CCC[C@@H]2O. The Morgan fingerprint density at radius 3 is 3.09 bits per heavy atom. The lowest BCUT2D eigenvalue weighted by Crippen LogP contribution is -2.15. The molecular formula is C9H13NO. The summed E-state index contributed by atoms with van der Waals surface area (Å²) in [7, 11) is 0. The lowest BCUT2D eigenvalue weighted by atomic mass is 10.1. The quantitative estimate of drug-likeness (QED) is 0.599. The molecule has 0 saturated carbocycles. The number of rotatable bonds is 0. The van der Waals surface area contributed by atoms with Crippen molar-refractivity contribution in [2.24, 2.45) is 0 Å². The van der Waals surface area contributed by atoms with Gasteiger partial charge in [-0.1, -0.05) is 0 Å². The van der Waals surface area contributed by atoms with Gasteiger partial charge >= 0.3 is 0 Å². The van der Waals surface area contributed by atoms with Crippen molar-refractivity contribution in [3.05, 3.63) is 23.5 Å². The van der Waals surface area contributed by atoms with Crippen LogP contribution in [0.3, 0.4) is 0 Å². The van der Waals surface area contributed by atoms with Crippen molar-refractivity contribution in [1.29, 1.82) is 0 Å². The van der Waals surface area contributed by atoms with Crippen LogP contribution >= 0.6 is 0 Å². The Hall–Kier alpha value is -0.760. The summed E-state index contributed by atoms with van der Waals surface area (Å²) in [5.41, 5.74) is 2.35. The zero-order valence-electron chi connectivity index (χ0n) is 6.75. The number of nitrogens with zero attached hydrogens (tertiary/aromatic N) is 1. The molecule has 0 spiro atoms. The molecule has 2 heterocycles. The maximum Gasteiger partial charge on any atom is 0.0940 e. The Kier molecular flexibility index (Phi) is 1.50. The molecule has 0 unspecified atom stereocenters. The number of aryl methyl sites for hydroxylation is 1. The van der Waals surface area contributed by atoms with Gasteiger partial charge in [-0.3, -0.25) is 0 Å². The number of aliphatic hydroxyl groups excluding tert-OH is 1. The first-order valence-electron chi connectivity index (χ1n) is 4.13. The van der Waals surface area contributed by atoms with Crippen LogP contribution in [0.15, 0.2) is 12.1 Å². The number of aliphatic hydroxyl groups is 1. The number of hydrogen-bond acceptors (Lipinski definition) is 1. The topological polar surface area (TPSA) is 25.2 Å². The van der Waals surface area contributed by atoms with E-state index in [0.29, 0.717) is 0 Å². The van der Waals surface area contributed by atoms with E-state index in [0.717, 1.165) is 25.1 Å². The minimum absolute atomic E-state index is 0.225. The van der Waals surface area contributed by atoms with E-state index >= 15 is 0 Å². The molecule has 0 radical (unpaired) electrons. The lowest BCUT2D eigenvalue weighted by Gasteiger charge is -2.21. The molecule has 1 aliphatic heterocycles. The van der Waals surface area contributed by atoms with Gasteiger partial charge in [-0.2, -0.15) is 0 Å². The maximum atomic E-state index is 9.55. The molecule has 1 aromatic heterocycles. The van der Waals surface area contributed by atoms with Gasteiger partial charge in [0, 0.05) is 17.9 Å². The molecule has 0 fully saturated rings. The van der Waals surface area contributed by atoms with Gasteiger partial charge < -0.3 is 9.67 Å². The van der Waals surface area contributed by atoms with E-state index in [9.17, 15) is 5.11 Å². The predicted molar refractivity (Wildman–Crippen MR) is 43.4 cm³/mol. The van der Waals surface area contributed by atoms with Gasteiger partial charge in [0.05, 0.1) is 6.10 Å². The third-order valence-electron chi connectivity index (χ3n) is 2.43. The van der Waals surface area contributed by atoms with Crippen LogP contribution in [0, 0.1) is 6.92 Å². The summed E-state index contributed by atoms with van der Waals surface area (Å²) in [4.78, 5) is 0. The highest BCUT2D eigenvalue weighted by Crippen LogP contribution is 2.26. The van der Waals surface area contributed by atoms with Crippen LogP contribution in [-0.2, 0) is 6.54 Å². The third-order valence-corrected chi connectivity index (χ3v) is 2.43. The van der Waals surface area contributed by atoms with E-state index in [1.165, 1.54) is 5.69 Å². The van der Waals surface area contributed by atoms with Gasteiger partial charge in [0.1, 0.15) is 0 Å². The number of fused-ring (bicyclic) bond motifs is 1. The monoisotopic (exact) mass is 151 g/mol. The molecule has 1 N–H and O–H groups in total. The average molecular weight is 151 g/mol. The Morgan fingerprint density at radius 2 is 2.36 bits per heavy atom. The molecule has 2 nitrogen and oxygen atoms in total. The minimum Gasteiger partial charge on any atom is -0.387 e. The maximum absolute atomic E-state index is 9.55. The molecule has 0 saturated heterocycles. The van der Waals surface area contributed by atoms with Crippen molar-refractivity contribution in [3.63, 3.8) is 0 Å². The van der Waals surface area contributed by atoms with E-state index in [2.05, 4.69) is 17.6 Å². The Morgan fingerprint density at radius 1 is 1.55 bits per heavy atom. The normalized spacial score (nSPS) is 23.3. The summed E-state index contributed by atoms with van der Waals surface area (Å²) in [6.07, 6.45) is 1.80. The van der Waals surface area contributed by atoms with Crippen molar-refractivity contribution in [2.45, 2.75) is 32.4 Å². The van der Waals surface area contributed by atoms with Crippen molar-refractivity contribution in [3.8, 4) is 0 Å². The summed E-state index contributed by atoms with van der Waals surface area (Å²) in [6, 6.07) is 4.10. The first-order valence-corrected chi connectivity index (χ1v) is 4.13. The Bertz CT molecular complexity index is 265. The minimum atomic E-state index is -0.225. The molecule has 2 heteroatoms. The molecule has 60 valence electrons. The second kappa shape index (κ2) is 2.38. The van der Waals surface area contributed by atoms with E-state index in [4.69, 9.17) is 0 Å². The standard InChI is InChI=1S/C9H13NO/c1-7-4-5-8-9(11)3-2-6-10(7)8/h4-5,9,11H,2-3,6H2,1H3/t9-/m0/s1. The van der Waals surface area contributed by atoms with Crippen LogP contribution in [-0.4, -0.2) is 9.67 Å². The highest BCUT2D eigenvalue weighted by molar-refractivity contribution is 5.18. The highest BCUT2D eigenvalue weighted by atomic mass is 16.3. The van der Waals surface area contributed by atoms with Crippen LogP contribution < -0.4 is 0 Å². The second-order valence-electron chi connectivity index (χ2n) is 3.21. The Labute approximate surface area is 66.5 Å². The van der Waals surface area contributed by atoms with E-state index < -0.39 is 0 Å². The lowest BCUT2D eigenvalue weighted by molar-refractivity contribution is 0.138. The molecule has 1 aliphatic rings. The summed E-state index contributed by atoms with van der Waals surface area (Å²) >= 11 is 0. The average Bonchev–Trinajstić information content (AvgIpc) is 2.35. The van der Waals surface area contributed by atoms with Gasteiger partial charge in [-0.25, -0.2) is 0 Å². The van der Waals surface area contributed by atoms with Crippen LogP contribution in [0.2, 0.25) is 0 Å². The van der Waals surface area contributed by atoms with Gasteiger partial charge in [-0.15, -0.1) is 0 Å². The van der Waals surface area contributed by atoms with E-state index in [1.807, 2.05) is 6.07 Å². The zero-order valence-corrected chi connectivity index (χ0v) is 6.75. The van der Waals surface area contributed by atoms with Gasteiger partial charge in [0.25, 0.3) is 0 Å². The first kappa shape index (κ1) is 6.92. The molecule has 2 rings (SSSR count). The predicted octanol–water partition coefficient (Wildman–Crippen LogP) is 1.62. The number of aromatic nitrogens is 1. The second-order valence-corrected chi connectivity index (χ2v) is 3.21. The van der Waals surface area contributed by atoms with E-state index in [-0.39, 0.29) is 6.10 Å². The largest absolute Gasteiger partial charge is 0.387 e. The van der Waals surface area contributed by atoms with Crippen LogP contribution in [0.5, 0.6) is 0 Å². The van der Waals surface area contributed by atoms with Crippen LogP contribution in [0.1, 0.15) is 30.3 Å². The van der Waals surface area contributed by atoms with Crippen molar-refractivity contribution in [2.75, 3.05) is 0 Å². The molecule has 0 amide bonds. The fraction of sp³-hybridized carbons (Fsp3) is 0.556. The molecule has 1 atom stereocenters. The van der Waals surface area contributed by atoms with E-state index in [1.54, 1.807) is 0 Å². The van der Waals surface area contributed by atoms with Gasteiger partial charge in [-0.05, 0) is 31.9 Å². The fourth-order valence-electron chi connectivity index (χ4n) is 1.78. The van der Waals surface area contributed by atoms with Crippen molar-refractivity contribution in [1.82, 2.24) is 4.57 Å². The summed E-state index contributed by atoms with van der Waals surface area (Å²) in [5.74, 6) is 0. The fourth-order valence-corrected chi connectivity index (χ4v) is 1.78.